The first-order valence-corrected chi connectivity index (χ1v) is 9.51. The van der Waals surface area contributed by atoms with Gasteiger partial charge in [0, 0.05) is 29.7 Å². The van der Waals surface area contributed by atoms with Gasteiger partial charge in [0.2, 0.25) is 5.91 Å². The van der Waals surface area contributed by atoms with Crippen molar-refractivity contribution in [1.29, 1.82) is 0 Å². The number of nitrogens with one attached hydrogen (secondary N) is 1. The highest BCUT2D eigenvalue weighted by Gasteiger charge is 2.15. The van der Waals surface area contributed by atoms with Gasteiger partial charge in [-0.3, -0.25) is 9.36 Å². The van der Waals surface area contributed by atoms with Crippen molar-refractivity contribution in [2.45, 2.75) is 18.1 Å². The van der Waals surface area contributed by atoms with Gasteiger partial charge >= 0.3 is 0 Å². The molecule has 1 amide bonds. The van der Waals surface area contributed by atoms with Crippen LogP contribution in [0.2, 0.25) is 0 Å². The fourth-order valence-electron chi connectivity index (χ4n) is 2.68. The third-order valence-corrected chi connectivity index (χ3v) is 5.06. The second-order valence-corrected chi connectivity index (χ2v) is 6.96. The Morgan fingerprint density at radius 2 is 2.00 bits per heavy atom. The Labute approximate surface area is 165 Å². The van der Waals surface area contributed by atoms with Crippen molar-refractivity contribution < 1.29 is 18.3 Å². The summed E-state index contributed by atoms with van der Waals surface area (Å²) in [6.45, 7) is 1.65. The number of rotatable bonds is 7. The molecule has 1 atom stereocenters. The van der Waals surface area contributed by atoms with E-state index < -0.39 is 17.7 Å². The summed E-state index contributed by atoms with van der Waals surface area (Å²) in [7, 11) is 1.60. The highest BCUT2D eigenvalue weighted by Crippen LogP contribution is 2.23. The number of halogens is 2. The summed E-state index contributed by atoms with van der Waals surface area (Å²) in [4.78, 5) is 16.5. The van der Waals surface area contributed by atoms with Gasteiger partial charge in [0.15, 0.2) is 5.16 Å². The summed E-state index contributed by atoms with van der Waals surface area (Å²) in [6, 6.07) is 10.2. The number of nitrogens with zero attached hydrogens (tertiary/aromatic N) is 2. The number of carbonyl (C=O) groups excluding carboxylic acids is 1. The van der Waals surface area contributed by atoms with Crippen LogP contribution in [0.1, 0.15) is 18.5 Å². The molecule has 0 radical (unpaired) electrons. The van der Waals surface area contributed by atoms with E-state index in [1.54, 1.807) is 26.4 Å². The molecule has 3 aromatic rings. The van der Waals surface area contributed by atoms with Crippen molar-refractivity contribution in [3.63, 3.8) is 0 Å². The minimum Gasteiger partial charge on any atom is -0.497 e. The fourth-order valence-corrected chi connectivity index (χ4v) is 3.46. The number of benzene rings is 2. The molecule has 3 rings (SSSR count). The maximum atomic E-state index is 13.8. The molecule has 1 unspecified atom stereocenters. The minimum atomic E-state index is -0.685. The van der Waals surface area contributed by atoms with Gasteiger partial charge in [0.25, 0.3) is 0 Å². The average molecular weight is 403 g/mol. The lowest BCUT2D eigenvalue weighted by Crippen LogP contribution is -2.28. The number of hydrogen-bond acceptors (Lipinski definition) is 4. The Morgan fingerprint density at radius 1 is 1.25 bits per heavy atom. The number of ether oxygens (including phenoxy) is 1. The number of amides is 1. The fraction of sp³-hybridized carbons (Fsp3) is 0.200. The summed E-state index contributed by atoms with van der Waals surface area (Å²) in [6.07, 6.45) is 3.46. The number of carbonyl (C=O) groups is 1. The molecule has 1 aromatic heterocycles. The third kappa shape index (κ3) is 4.69. The van der Waals surface area contributed by atoms with Crippen LogP contribution < -0.4 is 10.1 Å². The molecule has 2 aromatic carbocycles. The highest BCUT2D eigenvalue weighted by molar-refractivity contribution is 7.99. The minimum absolute atomic E-state index is 0.111. The number of methoxy groups -OCH3 is 1. The number of imidazole rings is 1. The standard InChI is InChI=1S/C20H19F2N3O2S/c1-13(17-8-3-14(21)11-18(17)22)24-19(26)12-28-20-23-9-10-25(20)15-4-6-16(27-2)7-5-15/h3-11,13H,12H2,1-2H3,(H,24,26). The van der Waals surface area contributed by atoms with E-state index in [-0.39, 0.29) is 17.2 Å². The van der Waals surface area contributed by atoms with Gasteiger partial charge in [-0.25, -0.2) is 13.8 Å². The van der Waals surface area contributed by atoms with Gasteiger partial charge in [0.05, 0.1) is 18.9 Å². The number of thioether (sulfide) groups is 1. The predicted molar refractivity (Wildman–Crippen MR) is 104 cm³/mol. The SMILES string of the molecule is COc1ccc(-n2ccnc2SCC(=O)NC(C)c2ccc(F)cc2F)cc1. The smallest absolute Gasteiger partial charge is 0.230 e. The zero-order chi connectivity index (χ0) is 20.1. The monoisotopic (exact) mass is 403 g/mol. The van der Waals surface area contributed by atoms with Crippen molar-refractivity contribution in [2.24, 2.45) is 0 Å². The molecule has 0 saturated heterocycles. The molecule has 28 heavy (non-hydrogen) atoms. The molecule has 0 aliphatic carbocycles. The van der Waals surface area contributed by atoms with Crippen molar-refractivity contribution in [2.75, 3.05) is 12.9 Å². The van der Waals surface area contributed by atoms with Crippen LogP contribution in [0.15, 0.2) is 60.0 Å². The summed E-state index contributed by atoms with van der Waals surface area (Å²) in [5.41, 5.74) is 1.13. The van der Waals surface area contributed by atoms with Gasteiger partial charge < -0.3 is 10.1 Å². The third-order valence-electron chi connectivity index (χ3n) is 4.10. The molecular formula is C20H19F2N3O2S. The lowest BCUT2D eigenvalue weighted by atomic mass is 10.1. The first-order chi connectivity index (χ1) is 13.5. The zero-order valence-corrected chi connectivity index (χ0v) is 16.2. The Morgan fingerprint density at radius 3 is 2.68 bits per heavy atom. The molecule has 0 spiro atoms. The molecule has 8 heteroatoms. The van der Waals surface area contributed by atoms with Gasteiger partial charge in [-0.15, -0.1) is 0 Å². The van der Waals surface area contributed by atoms with Gasteiger partial charge in [-0.1, -0.05) is 17.8 Å². The molecule has 1 N–H and O–H groups in total. The molecule has 5 nitrogen and oxygen atoms in total. The van der Waals surface area contributed by atoms with E-state index in [1.165, 1.54) is 23.9 Å². The second-order valence-electron chi connectivity index (χ2n) is 6.02. The number of hydrogen-bond donors (Lipinski definition) is 1. The van der Waals surface area contributed by atoms with E-state index in [1.807, 2.05) is 28.8 Å². The van der Waals surface area contributed by atoms with Crippen LogP contribution in [0.4, 0.5) is 8.78 Å². The normalized spacial score (nSPS) is 11.9. The maximum Gasteiger partial charge on any atom is 0.230 e. The highest BCUT2D eigenvalue weighted by atomic mass is 32.2. The van der Waals surface area contributed by atoms with Gasteiger partial charge in [-0.05, 0) is 37.3 Å². The lowest BCUT2D eigenvalue weighted by Gasteiger charge is -2.15. The molecular weight excluding hydrogens is 384 g/mol. The van der Waals surface area contributed by atoms with Crippen LogP contribution in [0.3, 0.4) is 0 Å². The predicted octanol–water partition coefficient (Wildman–Crippen LogP) is 4.13. The Hall–Kier alpha value is -2.87. The van der Waals surface area contributed by atoms with E-state index in [2.05, 4.69) is 10.3 Å². The van der Waals surface area contributed by atoms with Gasteiger partial charge in [0.1, 0.15) is 17.4 Å². The Balaban J connectivity index is 1.61. The van der Waals surface area contributed by atoms with Crippen LogP contribution in [0.25, 0.3) is 5.69 Å². The Bertz CT molecular complexity index is 960. The average Bonchev–Trinajstić information content (AvgIpc) is 3.15. The van der Waals surface area contributed by atoms with E-state index >= 15 is 0 Å². The second kappa shape index (κ2) is 8.88. The first-order valence-electron chi connectivity index (χ1n) is 8.53. The van der Waals surface area contributed by atoms with Crippen molar-refractivity contribution >= 4 is 17.7 Å². The van der Waals surface area contributed by atoms with E-state index in [0.29, 0.717) is 5.16 Å². The van der Waals surface area contributed by atoms with E-state index in [4.69, 9.17) is 4.74 Å². The van der Waals surface area contributed by atoms with Crippen LogP contribution in [0.5, 0.6) is 5.75 Å². The topological polar surface area (TPSA) is 56.2 Å². The summed E-state index contributed by atoms with van der Waals surface area (Å²) in [5.74, 6) is -0.749. The summed E-state index contributed by atoms with van der Waals surface area (Å²) >= 11 is 1.27. The van der Waals surface area contributed by atoms with Crippen LogP contribution in [-0.4, -0.2) is 28.3 Å². The summed E-state index contributed by atoms with van der Waals surface area (Å²) < 4.78 is 33.9. The van der Waals surface area contributed by atoms with Crippen molar-refractivity contribution in [1.82, 2.24) is 14.9 Å². The van der Waals surface area contributed by atoms with Crippen molar-refractivity contribution in [3.05, 3.63) is 72.1 Å². The molecule has 0 aliphatic heterocycles. The largest absolute Gasteiger partial charge is 0.497 e. The molecule has 0 saturated carbocycles. The summed E-state index contributed by atoms with van der Waals surface area (Å²) in [5, 5.41) is 3.37. The van der Waals surface area contributed by atoms with E-state index in [9.17, 15) is 13.6 Å². The quantitative estimate of drug-likeness (QED) is 0.603. The van der Waals surface area contributed by atoms with Crippen LogP contribution in [-0.2, 0) is 4.79 Å². The zero-order valence-electron chi connectivity index (χ0n) is 15.4. The molecule has 0 aliphatic rings. The molecule has 146 valence electrons. The van der Waals surface area contributed by atoms with Crippen LogP contribution >= 0.6 is 11.8 Å². The van der Waals surface area contributed by atoms with Crippen LogP contribution in [0, 0.1) is 11.6 Å². The first kappa shape index (κ1) is 19.9. The molecule has 0 bridgehead atoms. The number of aromatic nitrogens is 2. The molecule has 0 fully saturated rings. The van der Waals surface area contributed by atoms with Gasteiger partial charge in [-0.2, -0.15) is 0 Å². The van der Waals surface area contributed by atoms with Crippen molar-refractivity contribution in [3.8, 4) is 11.4 Å². The lowest BCUT2D eigenvalue weighted by molar-refractivity contribution is -0.119. The van der Waals surface area contributed by atoms with E-state index in [0.717, 1.165) is 17.5 Å². The Kier molecular flexibility index (Phi) is 6.30. The maximum absolute atomic E-state index is 13.8. The molecule has 1 heterocycles.